The molecule has 0 saturated heterocycles. The van der Waals surface area contributed by atoms with E-state index in [9.17, 15) is 19.8 Å². The van der Waals surface area contributed by atoms with Gasteiger partial charge < -0.3 is 15.3 Å². The van der Waals surface area contributed by atoms with Crippen molar-refractivity contribution in [3.8, 4) is 0 Å². The molecule has 0 aromatic carbocycles. The summed E-state index contributed by atoms with van der Waals surface area (Å²) in [5.74, 6) is -4.58. The Balaban J connectivity index is 2.74. The molecule has 0 radical (unpaired) electrons. The number of carboxylic acids is 1. The number of aliphatic hydroxyl groups excluding tert-OH is 2. The Morgan fingerprint density at radius 1 is 1.32 bits per heavy atom. The van der Waals surface area contributed by atoms with Crippen LogP contribution in [-0.2, 0) is 9.59 Å². The third kappa shape index (κ3) is 8.63. The molecule has 144 valence electrons. The van der Waals surface area contributed by atoms with E-state index in [1.54, 1.807) is 0 Å². The van der Waals surface area contributed by atoms with E-state index in [0.717, 1.165) is 19.3 Å². The van der Waals surface area contributed by atoms with Gasteiger partial charge in [-0.05, 0) is 19.3 Å². The molecule has 0 unspecified atom stereocenters. The highest BCUT2D eigenvalue weighted by Crippen LogP contribution is 2.34. The average Bonchev–Trinajstić information content (AvgIpc) is 2.75. The molecule has 0 aromatic heterocycles. The van der Waals surface area contributed by atoms with Crippen LogP contribution < -0.4 is 0 Å². The van der Waals surface area contributed by atoms with Crippen molar-refractivity contribution in [1.82, 2.24) is 0 Å². The average molecular weight is 358 g/mol. The maximum absolute atomic E-state index is 12.5. The molecule has 5 nitrogen and oxygen atoms in total. The summed E-state index contributed by atoms with van der Waals surface area (Å²) in [4.78, 5) is 23.1. The Hall–Kier alpha value is -1.20. The number of carbonyl (C=O) groups is 2. The summed E-state index contributed by atoms with van der Waals surface area (Å²) in [7, 11) is 0. The lowest BCUT2D eigenvalue weighted by Gasteiger charge is -2.18. The summed E-state index contributed by atoms with van der Waals surface area (Å²) in [6.45, 7) is 2.06. The summed E-state index contributed by atoms with van der Waals surface area (Å²) >= 11 is 0. The van der Waals surface area contributed by atoms with Crippen LogP contribution in [0.1, 0.15) is 81.6 Å². The number of hydrogen-bond acceptors (Lipinski definition) is 4. The molecule has 25 heavy (non-hydrogen) atoms. The Morgan fingerprint density at radius 3 is 2.72 bits per heavy atom. The molecule has 5 heteroatoms. The second-order valence-electron chi connectivity index (χ2n) is 6.73. The molecule has 1 saturated carbocycles. The van der Waals surface area contributed by atoms with E-state index in [0.29, 0.717) is 32.1 Å². The van der Waals surface area contributed by atoms with E-state index in [1.165, 1.54) is 12.2 Å². The van der Waals surface area contributed by atoms with Crippen molar-refractivity contribution < 1.29 is 29.0 Å². The molecule has 1 fully saturated rings. The fraction of sp³-hybridized carbons (Fsp3) is 0.800. The highest BCUT2D eigenvalue weighted by atomic mass is 16.4. The minimum Gasteiger partial charge on any atom is -0.481 e. The van der Waals surface area contributed by atoms with E-state index >= 15 is 0 Å². The van der Waals surface area contributed by atoms with Crippen LogP contribution in [0.2, 0.25) is 0 Å². The minimum atomic E-state index is -2.49. The molecule has 3 N–H and O–H groups in total. The Labute approximate surface area is 155 Å². The fourth-order valence-electron chi connectivity index (χ4n) is 3.05. The predicted octanol–water partition coefficient (Wildman–Crippen LogP) is 3.48. The lowest BCUT2D eigenvalue weighted by Crippen LogP contribution is -2.19. The first-order valence-corrected chi connectivity index (χ1v) is 9.38. The summed E-state index contributed by atoms with van der Waals surface area (Å²) in [6, 6.07) is 0. The van der Waals surface area contributed by atoms with Gasteiger partial charge in [-0.3, -0.25) is 9.59 Å². The van der Waals surface area contributed by atoms with Crippen LogP contribution in [0.3, 0.4) is 0 Å². The molecule has 0 aliphatic heterocycles. The van der Waals surface area contributed by atoms with Gasteiger partial charge in [0.1, 0.15) is 5.78 Å². The molecule has 1 rings (SSSR count). The number of carboxylic acid groups (broad SMARTS) is 1. The van der Waals surface area contributed by atoms with Crippen LogP contribution >= 0.6 is 0 Å². The number of carbonyl (C=O) groups excluding carboxylic acids is 1. The normalized spacial score (nSPS) is 31.6. The smallest absolute Gasteiger partial charge is 0.303 e. The zero-order chi connectivity index (χ0) is 21.4. The Morgan fingerprint density at radius 2 is 2.04 bits per heavy atom. The van der Waals surface area contributed by atoms with Crippen molar-refractivity contribution in [2.24, 2.45) is 11.8 Å². The molecule has 0 spiro atoms. The van der Waals surface area contributed by atoms with Crippen LogP contribution in [0.15, 0.2) is 12.2 Å². The van der Waals surface area contributed by atoms with Gasteiger partial charge >= 0.3 is 5.97 Å². The second kappa shape index (κ2) is 12.2. The van der Waals surface area contributed by atoms with Crippen LogP contribution in [0.5, 0.6) is 0 Å². The van der Waals surface area contributed by atoms with Crippen molar-refractivity contribution in [2.75, 3.05) is 0 Å². The summed E-state index contributed by atoms with van der Waals surface area (Å²) in [6.07, 6.45) is 3.89. The maximum Gasteiger partial charge on any atom is 0.303 e. The van der Waals surface area contributed by atoms with Gasteiger partial charge in [0.05, 0.1) is 12.2 Å². The van der Waals surface area contributed by atoms with Crippen molar-refractivity contribution in [3.05, 3.63) is 12.2 Å². The Kier molecular flexibility index (Phi) is 8.41. The number of unbranched alkanes of at least 4 members (excludes halogenated alkanes) is 5. The fourth-order valence-corrected chi connectivity index (χ4v) is 3.05. The van der Waals surface area contributed by atoms with Gasteiger partial charge in [-0.15, -0.1) is 0 Å². The zero-order valence-electron chi connectivity index (χ0n) is 18.1. The molecule has 0 amide bonds. The van der Waals surface area contributed by atoms with Crippen molar-refractivity contribution >= 4 is 11.8 Å². The van der Waals surface area contributed by atoms with Crippen molar-refractivity contribution in [1.29, 1.82) is 0 Å². The van der Waals surface area contributed by atoms with Crippen molar-refractivity contribution in [2.45, 2.75) is 89.7 Å². The van der Waals surface area contributed by atoms with Crippen LogP contribution in [-0.4, -0.2) is 39.3 Å². The number of Topliss-reactive ketones (excluding diaryl/α,β-unsaturated/α-hetero) is 1. The topological polar surface area (TPSA) is 94.8 Å². The van der Waals surface area contributed by atoms with Gasteiger partial charge in [-0.1, -0.05) is 57.6 Å². The van der Waals surface area contributed by atoms with Crippen molar-refractivity contribution in [3.63, 3.8) is 0 Å². The maximum atomic E-state index is 12.5. The summed E-state index contributed by atoms with van der Waals surface area (Å²) in [5, 5.41) is 29.0. The third-order valence-electron chi connectivity index (χ3n) is 4.54. The number of hydrogen-bond donors (Lipinski definition) is 3. The first-order chi connectivity index (χ1) is 13.1. The molecule has 0 heterocycles. The van der Waals surface area contributed by atoms with Gasteiger partial charge in [0.25, 0.3) is 0 Å². The lowest BCUT2D eigenvalue weighted by atomic mass is 9.88. The highest BCUT2D eigenvalue weighted by Gasteiger charge is 2.39. The van der Waals surface area contributed by atoms with Gasteiger partial charge in [0.15, 0.2) is 0 Å². The highest BCUT2D eigenvalue weighted by molar-refractivity contribution is 5.84. The molecule has 0 bridgehead atoms. The third-order valence-corrected chi connectivity index (χ3v) is 4.54. The van der Waals surface area contributed by atoms with Gasteiger partial charge in [0.2, 0.25) is 0 Å². The zero-order valence-corrected chi connectivity index (χ0v) is 15.1. The number of aliphatic hydroxyl groups is 2. The largest absolute Gasteiger partial charge is 0.481 e. The van der Waals surface area contributed by atoms with E-state index in [4.69, 9.17) is 9.22 Å². The van der Waals surface area contributed by atoms with Gasteiger partial charge in [0, 0.05) is 28.7 Å². The first-order valence-electron chi connectivity index (χ1n) is 10.9. The minimum absolute atomic E-state index is 0.0769. The second-order valence-corrected chi connectivity index (χ2v) is 6.73. The van der Waals surface area contributed by atoms with E-state index < -0.39 is 42.1 Å². The van der Waals surface area contributed by atoms with Gasteiger partial charge in [-0.2, -0.15) is 0 Å². The standard InChI is InChI=1S/C20H34O5/c1-2-3-6-9-15(21)12-13-17-16(18(22)14-19(17)23)10-7-4-5-8-11-20(24)25/h12-13,15-17,19,21,23H,2-11,14H2,1H3,(H,24,25)/b13-12+/t15-,16+,17+,19+/m0/s1/i14D2,16D. The van der Waals surface area contributed by atoms with E-state index in [-0.39, 0.29) is 12.8 Å². The predicted molar refractivity (Wildman–Crippen MR) is 97.2 cm³/mol. The number of ketones is 1. The molecular formula is C20H34O5. The summed E-state index contributed by atoms with van der Waals surface area (Å²) in [5.41, 5.74) is 0. The van der Waals surface area contributed by atoms with E-state index in [2.05, 4.69) is 6.92 Å². The quantitative estimate of drug-likeness (QED) is 0.346. The SMILES string of the molecule is [2H]C1([2H])C(=O)[C@]([2H])(CCCCCCC(=O)O)[C@@H](/C=C/[C@@H](O)CCCCC)[C@@H]1O. The van der Waals surface area contributed by atoms with Crippen LogP contribution in [0.25, 0.3) is 0 Å². The Bertz CT molecular complexity index is 552. The van der Waals surface area contributed by atoms with Crippen LogP contribution in [0.4, 0.5) is 0 Å². The number of rotatable bonds is 13. The molecule has 1 aliphatic carbocycles. The molecule has 0 aromatic rings. The molecule has 1 aliphatic rings. The van der Waals surface area contributed by atoms with Gasteiger partial charge in [-0.25, -0.2) is 0 Å². The monoisotopic (exact) mass is 357 g/mol. The molecule has 4 atom stereocenters. The summed E-state index contributed by atoms with van der Waals surface area (Å²) < 4.78 is 24.4. The first kappa shape index (κ1) is 17.2. The molecular weight excluding hydrogens is 320 g/mol. The lowest BCUT2D eigenvalue weighted by molar-refractivity contribution is -0.137. The van der Waals surface area contributed by atoms with E-state index in [1.807, 2.05) is 0 Å². The van der Waals surface area contributed by atoms with Crippen LogP contribution in [0, 0.1) is 11.8 Å². The number of aliphatic carboxylic acids is 1.